The van der Waals surface area contributed by atoms with E-state index in [1.165, 1.54) is 12.1 Å². The van der Waals surface area contributed by atoms with Crippen molar-refractivity contribution in [3.8, 4) is 0 Å². The monoisotopic (exact) mass is 264 g/mol. The topological polar surface area (TPSA) is 24.1 Å². The molecule has 2 N–H and O–H groups in total. The smallest absolute Gasteiger partial charge is 0.146 e. The Morgan fingerprint density at radius 1 is 1.11 bits per heavy atom. The Balaban J connectivity index is 2.04. The van der Waals surface area contributed by atoms with E-state index in [1.807, 2.05) is 31.3 Å². The summed E-state index contributed by atoms with van der Waals surface area (Å²) in [5.74, 6) is -0.300. The fourth-order valence-electron chi connectivity index (χ4n) is 1.62. The van der Waals surface area contributed by atoms with Crippen molar-refractivity contribution in [3.63, 3.8) is 0 Å². The second-order valence-corrected chi connectivity index (χ2v) is 4.36. The van der Waals surface area contributed by atoms with Crippen molar-refractivity contribution in [2.24, 2.45) is 0 Å². The molecule has 2 aromatic rings. The highest BCUT2D eigenvalue weighted by molar-refractivity contribution is 6.30. The van der Waals surface area contributed by atoms with Gasteiger partial charge in [0.1, 0.15) is 5.82 Å². The first-order chi connectivity index (χ1) is 8.69. The minimum Gasteiger partial charge on any atom is -0.388 e. The summed E-state index contributed by atoms with van der Waals surface area (Å²) >= 11 is 5.82. The molecule has 0 bridgehead atoms. The van der Waals surface area contributed by atoms with Gasteiger partial charge in [0.2, 0.25) is 0 Å². The highest BCUT2D eigenvalue weighted by Crippen LogP contribution is 2.20. The standard InChI is InChI=1S/C14H14ClFN2/c1-17-12-5-2-10(3-6-12)9-18-14-8-11(15)4-7-13(14)16/h2-8,17-18H,9H2,1H3. The van der Waals surface area contributed by atoms with Crippen LogP contribution in [-0.2, 0) is 6.54 Å². The Morgan fingerprint density at radius 3 is 2.50 bits per heavy atom. The molecule has 0 atom stereocenters. The number of benzene rings is 2. The molecule has 0 unspecified atom stereocenters. The Kier molecular flexibility index (Phi) is 4.05. The van der Waals surface area contributed by atoms with E-state index in [0.717, 1.165) is 11.3 Å². The zero-order valence-corrected chi connectivity index (χ0v) is 10.8. The molecule has 0 spiro atoms. The van der Waals surface area contributed by atoms with Gasteiger partial charge in [0, 0.05) is 24.3 Å². The van der Waals surface area contributed by atoms with Crippen molar-refractivity contribution >= 4 is 23.0 Å². The van der Waals surface area contributed by atoms with Crippen LogP contribution in [0.1, 0.15) is 5.56 Å². The molecular weight excluding hydrogens is 251 g/mol. The molecule has 0 aromatic heterocycles. The lowest BCUT2D eigenvalue weighted by Gasteiger charge is -2.08. The van der Waals surface area contributed by atoms with Crippen LogP contribution in [0.3, 0.4) is 0 Å². The van der Waals surface area contributed by atoms with E-state index >= 15 is 0 Å². The van der Waals surface area contributed by atoms with E-state index in [1.54, 1.807) is 6.07 Å². The summed E-state index contributed by atoms with van der Waals surface area (Å²) in [5, 5.41) is 6.59. The quantitative estimate of drug-likeness (QED) is 0.868. The first-order valence-electron chi connectivity index (χ1n) is 5.64. The van der Waals surface area contributed by atoms with Crippen LogP contribution in [0.5, 0.6) is 0 Å². The second-order valence-electron chi connectivity index (χ2n) is 3.92. The average Bonchev–Trinajstić information content (AvgIpc) is 2.40. The maximum Gasteiger partial charge on any atom is 0.146 e. The van der Waals surface area contributed by atoms with Crippen LogP contribution in [-0.4, -0.2) is 7.05 Å². The lowest BCUT2D eigenvalue weighted by molar-refractivity contribution is 0.630. The van der Waals surface area contributed by atoms with Gasteiger partial charge in [0.05, 0.1) is 5.69 Å². The fraction of sp³-hybridized carbons (Fsp3) is 0.143. The maximum absolute atomic E-state index is 13.5. The molecule has 0 aliphatic rings. The number of hydrogen-bond acceptors (Lipinski definition) is 2. The molecule has 0 fully saturated rings. The molecule has 2 nitrogen and oxygen atoms in total. The van der Waals surface area contributed by atoms with Crippen LogP contribution in [0.4, 0.5) is 15.8 Å². The lowest BCUT2D eigenvalue weighted by Crippen LogP contribution is -2.01. The first-order valence-corrected chi connectivity index (χ1v) is 6.02. The van der Waals surface area contributed by atoms with E-state index in [-0.39, 0.29) is 5.82 Å². The van der Waals surface area contributed by atoms with Crippen LogP contribution in [0, 0.1) is 5.82 Å². The van der Waals surface area contributed by atoms with E-state index in [2.05, 4.69) is 10.6 Å². The average molecular weight is 265 g/mol. The van der Waals surface area contributed by atoms with Crippen molar-refractivity contribution < 1.29 is 4.39 Å². The molecule has 0 saturated carbocycles. The Hall–Kier alpha value is -1.74. The second kappa shape index (κ2) is 5.74. The van der Waals surface area contributed by atoms with Gasteiger partial charge < -0.3 is 10.6 Å². The van der Waals surface area contributed by atoms with Crippen LogP contribution >= 0.6 is 11.6 Å². The molecule has 0 heterocycles. The van der Waals surface area contributed by atoms with E-state index < -0.39 is 0 Å². The van der Waals surface area contributed by atoms with Crippen molar-refractivity contribution in [2.75, 3.05) is 17.7 Å². The molecule has 94 valence electrons. The summed E-state index contributed by atoms with van der Waals surface area (Å²) < 4.78 is 13.5. The molecule has 2 rings (SSSR count). The highest BCUT2D eigenvalue weighted by atomic mass is 35.5. The van der Waals surface area contributed by atoms with Gasteiger partial charge in [-0.15, -0.1) is 0 Å². The predicted molar refractivity (Wildman–Crippen MR) is 74.7 cm³/mol. The molecule has 0 amide bonds. The van der Waals surface area contributed by atoms with Gasteiger partial charge in [-0.05, 0) is 35.9 Å². The summed E-state index contributed by atoms with van der Waals surface area (Å²) in [5.41, 5.74) is 2.54. The van der Waals surface area contributed by atoms with Crippen LogP contribution < -0.4 is 10.6 Å². The van der Waals surface area contributed by atoms with Gasteiger partial charge in [0.15, 0.2) is 0 Å². The molecular formula is C14H14ClFN2. The minimum atomic E-state index is -0.300. The van der Waals surface area contributed by atoms with Crippen molar-refractivity contribution in [2.45, 2.75) is 6.54 Å². The maximum atomic E-state index is 13.5. The lowest BCUT2D eigenvalue weighted by atomic mass is 10.2. The molecule has 18 heavy (non-hydrogen) atoms. The Bertz CT molecular complexity index is 526. The Labute approximate surface area is 111 Å². The Morgan fingerprint density at radius 2 is 1.83 bits per heavy atom. The van der Waals surface area contributed by atoms with E-state index in [9.17, 15) is 4.39 Å². The van der Waals surface area contributed by atoms with Crippen molar-refractivity contribution in [1.29, 1.82) is 0 Å². The van der Waals surface area contributed by atoms with Crippen LogP contribution in [0.25, 0.3) is 0 Å². The summed E-state index contributed by atoms with van der Waals surface area (Å²) in [6, 6.07) is 12.4. The first kappa shape index (κ1) is 12.7. The van der Waals surface area contributed by atoms with Gasteiger partial charge in [0.25, 0.3) is 0 Å². The van der Waals surface area contributed by atoms with Gasteiger partial charge in [-0.2, -0.15) is 0 Å². The van der Waals surface area contributed by atoms with Gasteiger partial charge in [-0.25, -0.2) is 4.39 Å². The van der Waals surface area contributed by atoms with Gasteiger partial charge in [-0.1, -0.05) is 23.7 Å². The molecule has 0 radical (unpaired) electrons. The number of nitrogens with one attached hydrogen (secondary N) is 2. The number of rotatable bonds is 4. The van der Waals surface area contributed by atoms with Crippen molar-refractivity contribution in [3.05, 3.63) is 58.9 Å². The molecule has 2 aromatic carbocycles. The number of anilines is 2. The molecule has 0 aliphatic carbocycles. The van der Waals surface area contributed by atoms with Crippen LogP contribution in [0.2, 0.25) is 5.02 Å². The predicted octanol–water partition coefficient (Wildman–Crippen LogP) is 4.13. The third kappa shape index (κ3) is 3.14. The summed E-state index contributed by atoms with van der Waals surface area (Å²) in [6.45, 7) is 0.557. The highest BCUT2D eigenvalue weighted by Gasteiger charge is 2.02. The van der Waals surface area contributed by atoms with Crippen molar-refractivity contribution in [1.82, 2.24) is 0 Å². The normalized spacial score (nSPS) is 10.2. The summed E-state index contributed by atoms with van der Waals surface area (Å²) in [6.07, 6.45) is 0. The van der Waals surface area contributed by atoms with E-state index in [0.29, 0.717) is 17.3 Å². The largest absolute Gasteiger partial charge is 0.388 e. The zero-order chi connectivity index (χ0) is 13.0. The molecule has 0 aliphatic heterocycles. The molecule has 0 saturated heterocycles. The third-order valence-electron chi connectivity index (χ3n) is 2.65. The van der Waals surface area contributed by atoms with E-state index in [4.69, 9.17) is 11.6 Å². The van der Waals surface area contributed by atoms with Gasteiger partial charge >= 0.3 is 0 Å². The summed E-state index contributed by atoms with van der Waals surface area (Å²) in [7, 11) is 1.87. The minimum absolute atomic E-state index is 0.300. The summed E-state index contributed by atoms with van der Waals surface area (Å²) in [4.78, 5) is 0. The molecule has 4 heteroatoms. The number of hydrogen-bond donors (Lipinski definition) is 2. The number of halogens is 2. The van der Waals surface area contributed by atoms with Gasteiger partial charge in [-0.3, -0.25) is 0 Å². The third-order valence-corrected chi connectivity index (χ3v) is 2.89. The fourth-order valence-corrected chi connectivity index (χ4v) is 1.79. The van der Waals surface area contributed by atoms with Crippen LogP contribution in [0.15, 0.2) is 42.5 Å². The SMILES string of the molecule is CNc1ccc(CNc2cc(Cl)ccc2F)cc1. The zero-order valence-electron chi connectivity index (χ0n) is 10.0.